The van der Waals surface area contributed by atoms with Gasteiger partial charge in [0.1, 0.15) is 0 Å². The highest BCUT2D eigenvalue weighted by Gasteiger charge is 2.07. The highest BCUT2D eigenvalue weighted by molar-refractivity contribution is 7.89. The number of nitrogens with two attached hydrogens (primary N) is 1. The van der Waals surface area contributed by atoms with Crippen LogP contribution in [-0.2, 0) is 21.3 Å². The number of sulfonamides is 1. The highest BCUT2D eigenvalue weighted by Crippen LogP contribution is 2.08. The van der Waals surface area contributed by atoms with Crippen molar-refractivity contribution in [1.29, 1.82) is 0 Å². The fourth-order valence-corrected chi connectivity index (χ4v) is 2.33. The topological polar surface area (TPSA) is 93.4 Å². The molecule has 0 saturated carbocycles. The number of benzene rings is 1. The number of hydrogen-bond donors (Lipinski definition) is 3. The Morgan fingerprint density at radius 3 is 2.50 bits per heavy atom. The molecule has 1 aromatic carbocycles. The van der Waals surface area contributed by atoms with Crippen molar-refractivity contribution < 1.29 is 13.2 Å². The van der Waals surface area contributed by atoms with Gasteiger partial charge in [-0.15, -0.1) is 0 Å². The Morgan fingerprint density at radius 2 is 2.00 bits per heavy atom. The molecule has 0 heterocycles. The third kappa shape index (κ3) is 5.83. The van der Waals surface area contributed by atoms with Crippen molar-refractivity contribution in [3.05, 3.63) is 29.8 Å². The van der Waals surface area contributed by atoms with E-state index in [0.717, 1.165) is 5.56 Å². The van der Waals surface area contributed by atoms with Crippen LogP contribution in [0.4, 0.5) is 0 Å². The molecule has 1 aromatic rings. The first kappa shape index (κ1) is 16.8. The Balaban J connectivity index is 2.48. The number of thiocarbonyl (C=S) groups is 1. The Kier molecular flexibility index (Phi) is 6.34. The molecule has 0 amide bonds. The predicted octanol–water partition coefficient (Wildman–Crippen LogP) is 0.333. The third-order valence-corrected chi connectivity index (χ3v) is 3.69. The van der Waals surface area contributed by atoms with Crippen molar-refractivity contribution in [2.45, 2.75) is 24.4 Å². The second-order valence-corrected chi connectivity index (χ2v) is 6.34. The smallest absolute Gasteiger partial charge is 0.238 e. The summed E-state index contributed by atoms with van der Waals surface area (Å²) < 4.78 is 27.2. The van der Waals surface area contributed by atoms with Crippen LogP contribution in [0.3, 0.4) is 0 Å². The summed E-state index contributed by atoms with van der Waals surface area (Å²) >= 11 is 5.13. The van der Waals surface area contributed by atoms with Gasteiger partial charge in [-0.1, -0.05) is 12.1 Å². The highest BCUT2D eigenvalue weighted by atomic mass is 32.2. The molecule has 8 heteroatoms. The van der Waals surface area contributed by atoms with Gasteiger partial charge in [0.05, 0.1) is 11.5 Å². The van der Waals surface area contributed by atoms with Gasteiger partial charge >= 0.3 is 0 Å². The fourth-order valence-electron chi connectivity index (χ4n) is 1.55. The zero-order chi connectivity index (χ0) is 15.2. The summed E-state index contributed by atoms with van der Waals surface area (Å²) in [5, 5.41) is 11.6. The van der Waals surface area contributed by atoms with Crippen molar-refractivity contribution in [1.82, 2.24) is 10.6 Å². The van der Waals surface area contributed by atoms with E-state index in [1.165, 1.54) is 12.1 Å². The van der Waals surface area contributed by atoms with Crippen LogP contribution in [0.1, 0.15) is 12.5 Å². The van der Waals surface area contributed by atoms with E-state index in [-0.39, 0.29) is 10.9 Å². The van der Waals surface area contributed by atoms with Gasteiger partial charge in [-0.3, -0.25) is 0 Å². The molecular weight excluding hydrogens is 298 g/mol. The molecule has 4 N–H and O–H groups in total. The molecule has 1 atom stereocenters. The minimum Gasteiger partial charge on any atom is -0.383 e. The summed E-state index contributed by atoms with van der Waals surface area (Å²) in [5.41, 5.74) is 0.904. The van der Waals surface area contributed by atoms with Crippen molar-refractivity contribution in [2.24, 2.45) is 5.14 Å². The molecule has 6 nitrogen and oxygen atoms in total. The van der Waals surface area contributed by atoms with Gasteiger partial charge in [-0.2, -0.15) is 0 Å². The van der Waals surface area contributed by atoms with E-state index >= 15 is 0 Å². The number of primary sulfonamides is 1. The molecule has 0 aliphatic carbocycles. The van der Waals surface area contributed by atoms with Crippen molar-refractivity contribution in [3.63, 3.8) is 0 Å². The second kappa shape index (κ2) is 7.53. The van der Waals surface area contributed by atoms with Crippen LogP contribution in [0, 0.1) is 0 Å². The van der Waals surface area contributed by atoms with E-state index in [1.54, 1.807) is 19.2 Å². The summed E-state index contributed by atoms with van der Waals surface area (Å²) in [4.78, 5) is 0.0932. The lowest BCUT2D eigenvalue weighted by Crippen LogP contribution is -2.42. The summed E-state index contributed by atoms with van der Waals surface area (Å²) in [6.45, 7) is 3.01. The third-order valence-electron chi connectivity index (χ3n) is 2.50. The minimum atomic E-state index is -3.65. The van der Waals surface area contributed by atoms with Crippen LogP contribution in [0.2, 0.25) is 0 Å². The number of hydrogen-bond acceptors (Lipinski definition) is 4. The number of ether oxygens (including phenoxy) is 1. The molecule has 0 fully saturated rings. The minimum absolute atomic E-state index is 0.0932. The lowest BCUT2D eigenvalue weighted by atomic mass is 10.2. The Bertz CT molecular complexity index is 544. The normalized spacial score (nSPS) is 12.8. The van der Waals surface area contributed by atoms with Crippen molar-refractivity contribution >= 4 is 27.4 Å². The van der Waals surface area contributed by atoms with E-state index in [2.05, 4.69) is 10.6 Å². The van der Waals surface area contributed by atoms with Crippen LogP contribution < -0.4 is 15.8 Å². The quantitative estimate of drug-likeness (QED) is 0.655. The Morgan fingerprint density at radius 1 is 1.40 bits per heavy atom. The molecule has 1 rings (SSSR count). The van der Waals surface area contributed by atoms with Crippen LogP contribution >= 0.6 is 12.2 Å². The van der Waals surface area contributed by atoms with Gasteiger partial charge in [-0.05, 0) is 36.8 Å². The van der Waals surface area contributed by atoms with E-state index < -0.39 is 10.0 Å². The van der Waals surface area contributed by atoms with E-state index in [4.69, 9.17) is 22.1 Å². The van der Waals surface area contributed by atoms with E-state index in [0.29, 0.717) is 18.3 Å². The average Bonchev–Trinajstić information content (AvgIpc) is 2.36. The van der Waals surface area contributed by atoms with Crippen molar-refractivity contribution in [3.8, 4) is 0 Å². The summed E-state index contributed by atoms with van der Waals surface area (Å²) in [6, 6.07) is 6.43. The van der Waals surface area contributed by atoms with Crippen LogP contribution in [0.15, 0.2) is 29.2 Å². The second-order valence-electron chi connectivity index (χ2n) is 4.37. The molecule has 20 heavy (non-hydrogen) atoms. The first-order valence-corrected chi connectivity index (χ1v) is 7.93. The standard InChI is InChI=1S/C12H19N3O3S2/c1-9(8-18-2)15-12(19)14-7-10-3-5-11(6-4-10)20(13,16)17/h3-6,9H,7-8H2,1-2H3,(H2,13,16,17)(H2,14,15,19). The van der Waals surface area contributed by atoms with Gasteiger partial charge < -0.3 is 15.4 Å². The maximum Gasteiger partial charge on any atom is 0.238 e. The number of nitrogens with one attached hydrogen (secondary N) is 2. The molecule has 0 bridgehead atoms. The SMILES string of the molecule is COCC(C)NC(=S)NCc1ccc(S(N)(=O)=O)cc1. The average molecular weight is 317 g/mol. The molecule has 112 valence electrons. The Labute approximate surface area is 124 Å². The van der Waals surface area contributed by atoms with Crippen LogP contribution in [0.5, 0.6) is 0 Å². The van der Waals surface area contributed by atoms with Gasteiger partial charge in [0, 0.05) is 19.7 Å². The van der Waals surface area contributed by atoms with Gasteiger partial charge in [0.2, 0.25) is 10.0 Å². The summed E-state index contributed by atoms with van der Waals surface area (Å²) in [5.74, 6) is 0. The summed E-state index contributed by atoms with van der Waals surface area (Å²) in [7, 11) is -2.02. The van der Waals surface area contributed by atoms with Crippen molar-refractivity contribution in [2.75, 3.05) is 13.7 Å². The predicted molar refractivity (Wildman–Crippen MR) is 81.7 cm³/mol. The van der Waals surface area contributed by atoms with Crippen LogP contribution in [-0.4, -0.2) is 33.3 Å². The zero-order valence-electron chi connectivity index (χ0n) is 11.4. The number of rotatable bonds is 6. The molecule has 1 unspecified atom stereocenters. The number of methoxy groups -OCH3 is 1. The van der Waals surface area contributed by atoms with E-state index in [9.17, 15) is 8.42 Å². The van der Waals surface area contributed by atoms with Crippen LogP contribution in [0.25, 0.3) is 0 Å². The molecule has 0 aliphatic rings. The lowest BCUT2D eigenvalue weighted by molar-refractivity contribution is 0.179. The van der Waals surface area contributed by atoms with Gasteiger partial charge in [0.25, 0.3) is 0 Å². The fraction of sp³-hybridized carbons (Fsp3) is 0.417. The summed E-state index contributed by atoms with van der Waals surface area (Å²) in [6.07, 6.45) is 0. The first-order chi connectivity index (χ1) is 9.32. The molecule has 0 spiro atoms. The monoisotopic (exact) mass is 317 g/mol. The molecule has 0 radical (unpaired) electrons. The maximum absolute atomic E-state index is 11.1. The molecule has 0 aliphatic heterocycles. The Hall–Kier alpha value is -1.22. The largest absolute Gasteiger partial charge is 0.383 e. The molecule has 0 saturated heterocycles. The molecule has 0 aromatic heterocycles. The first-order valence-electron chi connectivity index (χ1n) is 5.98. The maximum atomic E-state index is 11.1. The van der Waals surface area contributed by atoms with Gasteiger partial charge in [0.15, 0.2) is 5.11 Å². The van der Waals surface area contributed by atoms with Gasteiger partial charge in [-0.25, -0.2) is 13.6 Å². The zero-order valence-corrected chi connectivity index (χ0v) is 13.1. The van der Waals surface area contributed by atoms with E-state index in [1.807, 2.05) is 6.92 Å². The lowest BCUT2D eigenvalue weighted by Gasteiger charge is -2.16. The molecular formula is C12H19N3O3S2.